The fraction of sp³-hybridized carbons (Fsp3) is 0.450. The van der Waals surface area contributed by atoms with Crippen molar-refractivity contribution in [2.24, 2.45) is 11.3 Å². The van der Waals surface area contributed by atoms with Crippen LogP contribution >= 0.6 is 0 Å². The summed E-state index contributed by atoms with van der Waals surface area (Å²) in [5.74, 6) is 0.304. The second kappa shape index (κ2) is 6.02. The van der Waals surface area contributed by atoms with Gasteiger partial charge in [-0.15, -0.1) is 0 Å². The van der Waals surface area contributed by atoms with E-state index in [0.29, 0.717) is 47.0 Å². The highest BCUT2D eigenvalue weighted by Gasteiger charge is 2.46. The molecule has 2 aliphatic heterocycles. The predicted octanol–water partition coefficient (Wildman–Crippen LogP) is 3.30. The largest absolute Gasteiger partial charge is 0.493 e. The third-order valence-electron chi connectivity index (χ3n) is 5.22. The summed E-state index contributed by atoms with van der Waals surface area (Å²) >= 11 is 0. The van der Waals surface area contributed by atoms with Crippen LogP contribution in [0, 0.1) is 28.1 Å². The lowest BCUT2D eigenvalue weighted by molar-refractivity contribution is -0.119. The number of ketones is 1. The predicted molar refractivity (Wildman–Crippen MR) is 94.8 cm³/mol. The molecule has 3 aliphatic rings. The maximum absolute atomic E-state index is 13.0. The highest BCUT2D eigenvalue weighted by molar-refractivity contribution is 6.02. The number of carbonyl (C=O) groups is 1. The van der Waals surface area contributed by atoms with Crippen molar-refractivity contribution in [3.63, 3.8) is 0 Å². The first-order valence-electron chi connectivity index (χ1n) is 8.74. The Hall–Kier alpha value is -3.01. The summed E-state index contributed by atoms with van der Waals surface area (Å²) in [7, 11) is 1.52. The first-order chi connectivity index (χ1) is 12.8. The molecule has 1 aromatic carbocycles. The molecule has 0 radical (unpaired) electrons. The lowest BCUT2D eigenvalue weighted by atomic mass is 9.68. The van der Waals surface area contributed by atoms with Crippen molar-refractivity contribution in [2.75, 3.05) is 13.9 Å². The molecule has 1 N–H and O–H groups in total. The van der Waals surface area contributed by atoms with Gasteiger partial charge in [-0.2, -0.15) is 5.26 Å². The monoisotopic (exact) mass is 368 g/mol. The van der Waals surface area contributed by atoms with E-state index in [-0.39, 0.29) is 23.9 Å². The summed E-state index contributed by atoms with van der Waals surface area (Å²) in [6.45, 7) is 4.08. The summed E-state index contributed by atoms with van der Waals surface area (Å²) in [5, 5.41) is 17.9. The van der Waals surface area contributed by atoms with E-state index < -0.39 is 11.8 Å². The minimum absolute atomic E-state index is 0.0457. The number of Topliss-reactive ketones (excluding diaryl/α,β-unsaturated/α-hetero) is 1. The number of hydrogen-bond acceptors (Lipinski definition) is 7. The van der Waals surface area contributed by atoms with Crippen LogP contribution in [0.25, 0.3) is 0 Å². The van der Waals surface area contributed by atoms with Gasteiger partial charge >= 0.3 is 0 Å². The van der Waals surface area contributed by atoms with E-state index in [1.807, 2.05) is 13.8 Å². The van der Waals surface area contributed by atoms with Gasteiger partial charge in [-0.3, -0.25) is 10.2 Å². The molecule has 7 nitrogen and oxygen atoms in total. The van der Waals surface area contributed by atoms with E-state index in [0.717, 1.165) is 0 Å². The van der Waals surface area contributed by atoms with Crippen LogP contribution in [0.1, 0.15) is 38.2 Å². The number of allylic oxidation sites excluding steroid dienone is 2. The topological polar surface area (TPSA) is 102 Å². The Morgan fingerprint density at radius 3 is 2.78 bits per heavy atom. The molecule has 2 unspecified atom stereocenters. The molecular weight excluding hydrogens is 348 g/mol. The smallest absolute Gasteiger partial charge is 0.231 e. The molecule has 0 bridgehead atoms. The Bertz CT molecular complexity index is 925. The van der Waals surface area contributed by atoms with Crippen LogP contribution in [-0.4, -0.2) is 25.6 Å². The average molecular weight is 368 g/mol. The summed E-state index contributed by atoms with van der Waals surface area (Å²) < 4.78 is 22.0. The van der Waals surface area contributed by atoms with Crippen molar-refractivity contribution in [1.29, 1.82) is 10.7 Å². The van der Waals surface area contributed by atoms with Crippen molar-refractivity contribution < 1.29 is 23.7 Å². The molecular formula is C20H20N2O5. The minimum atomic E-state index is -0.890. The van der Waals surface area contributed by atoms with Crippen LogP contribution in [0.2, 0.25) is 0 Å². The normalized spacial score (nSPS) is 25.6. The summed E-state index contributed by atoms with van der Waals surface area (Å²) in [6.07, 6.45) is 0.922. The molecule has 7 heteroatoms. The second-order valence-electron chi connectivity index (χ2n) is 7.79. The number of rotatable bonds is 2. The fourth-order valence-corrected chi connectivity index (χ4v) is 4.05. The first kappa shape index (κ1) is 17.4. The molecule has 0 saturated carbocycles. The van der Waals surface area contributed by atoms with Gasteiger partial charge < -0.3 is 18.9 Å². The van der Waals surface area contributed by atoms with Crippen LogP contribution in [-0.2, 0) is 9.53 Å². The van der Waals surface area contributed by atoms with Gasteiger partial charge in [-0.25, -0.2) is 0 Å². The van der Waals surface area contributed by atoms with Gasteiger partial charge in [0, 0.05) is 24.3 Å². The van der Waals surface area contributed by atoms with E-state index in [2.05, 4.69) is 6.07 Å². The number of carbonyl (C=O) groups excluding carboxylic acids is 1. The molecule has 0 spiro atoms. The molecule has 1 aliphatic carbocycles. The van der Waals surface area contributed by atoms with Crippen molar-refractivity contribution in [1.82, 2.24) is 0 Å². The van der Waals surface area contributed by atoms with Crippen molar-refractivity contribution in [3.8, 4) is 23.3 Å². The third-order valence-corrected chi connectivity index (χ3v) is 5.22. The lowest BCUT2D eigenvalue weighted by Gasteiger charge is -2.39. The number of ether oxygens (including phenoxy) is 4. The summed E-state index contributed by atoms with van der Waals surface area (Å²) in [4.78, 5) is 13.0. The number of benzene rings is 1. The first-order valence-corrected chi connectivity index (χ1v) is 8.74. The molecule has 2 heterocycles. The Balaban J connectivity index is 1.90. The van der Waals surface area contributed by atoms with Crippen LogP contribution in [0.15, 0.2) is 23.5 Å². The molecule has 0 amide bonds. The van der Waals surface area contributed by atoms with Gasteiger partial charge in [-0.05, 0) is 23.1 Å². The fourth-order valence-electron chi connectivity index (χ4n) is 4.05. The second-order valence-corrected chi connectivity index (χ2v) is 7.79. The zero-order valence-corrected chi connectivity index (χ0v) is 15.4. The molecule has 1 aromatic rings. The molecule has 27 heavy (non-hydrogen) atoms. The summed E-state index contributed by atoms with van der Waals surface area (Å²) in [6, 6.07) is 5.64. The lowest BCUT2D eigenvalue weighted by Crippen LogP contribution is -2.38. The van der Waals surface area contributed by atoms with Crippen molar-refractivity contribution >= 4 is 11.7 Å². The van der Waals surface area contributed by atoms with E-state index in [4.69, 9.17) is 24.4 Å². The van der Waals surface area contributed by atoms with Gasteiger partial charge in [-0.1, -0.05) is 13.8 Å². The minimum Gasteiger partial charge on any atom is -0.493 e. The van der Waals surface area contributed by atoms with Gasteiger partial charge in [0.2, 0.25) is 18.4 Å². The molecule has 0 aromatic heterocycles. The third kappa shape index (κ3) is 2.72. The molecule has 2 atom stereocenters. The van der Waals surface area contributed by atoms with Crippen molar-refractivity contribution in [3.05, 3.63) is 29.0 Å². The zero-order chi connectivity index (χ0) is 19.3. The Morgan fingerprint density at radius 2 is 2.07 bits per heavy atom. The standard InChI is InChI=1S/C20H20N2O5/c1-20(2)6-12(23)17-15(7-20)27-19(22)11(8-21)16(17)10-4-13(24-3)18-14(5-10)25-9-26-18/h4-5,11,16,22H,6-7,9H2,1-3H3. The highest BCUT2D eigenvalue weighted by Crippen LogP contribution is 2.51. The Labute approximate surface area is 157 Å². The maximum Gasteiger partial charge on any atom is 0.231 e. The van der Waals surface area contributed by atoms with E-state index in [9.17, 15) is 10.1 Å². The van der Waals surface area contributed by atoms with E-state index in [1.165, 1.54) is 7.11 Å². The quantitative estimate of drug-likeness (QED) is 0.859. The van der Waals surface area contributed by atoms with Gasteiger partial charge in [0.25, 0.3) is 0 Å². The molecule has 140 valence electrons. The Morgan fingerprint density at radius 1 is 1.30 bits per heavy atom. The van der Waals surface area contributed by atoms with Gasteiger partial charge in [0.1, 0.15) is 11.7 Å². The SMILES string of the molecule is COc1cc(C2C3=C(CC(C)(C)CC3=O)OC(=N)C2C#N)cc2c1OCO2. The van der Waals surface area contributed by atoms with Crippen molar-refractivity contribution in [2.45, 2.75) is 32.6 Å². The molecule has 0 saturated heterocycles. The van der Waals surface area contributed by atoms with E-state index in [1.54, 1.807) is 12.1 Å². The Kier molecular flexibility index (Phi) is 3.88. The maximum atomic E-state index is 13.0. The van der Waals surface area contributed by atoms with Gasteiger partial charge in [0.15, 0.2) is 17.3 Å². The molecule has 4 rings (SSSR count). The average Bonchev–Trinajstić information content (AvgIpc) is 3.07. The number of methoxy groups -OCH3 is 1. The van der Waals surface area contributed by atoms with Crippen LogP contribution in [0.3, 0.4) is 0 Å². The number of nitrogens with one attached hydrogen (secondary N) is 1. The van der Waals surface area contributed by atoms with Crippen LogP contribution in [0.5, 0.6) is 17.2 Å². The number of nitriles is 1. The number of nitrogens with zero attached hydrogens (tertiary/aromatic N) is 1. The highest BCUT2D eigenvalue weighted by atomic mass is 16.7. The number of fused-ring (bicyclic) bond motifs is 1. The van der Waals surface area contributed by atoms with Crippen LogP contribution in [0.4, 0.5) is 0 Å². The molecule has 0 fully saturated rings. The summed E-state index contributed by atoms with van der Waals surface area (Å²) in [5.41, 5.74) is 0.918. The van der Waals surface area contributed by atoms with Gasteiger partial charge in [0.05, 0.1) is 13.2 Å². The zero-order valence-electron chi connectivity index (χ0n) is 15.4. The van der Waals surface area contributed by atoms with Crippen LogP contribution < -0.4 is 14.2 Å². The number of hydrogen-bond donors (Lipinski definition) is 1. The van der Waals surface area contributed by atoms with E-state index >= 15 is 0 Å².